The Morgan fingerprint density at radius 3 is 2.43 bits per heavy atom. The molecule has 0 unspecified atom stereocenters. The number of carbonyl (C=O) groups excluding carboxylic acids is 2. The van der Waals surface area contributed by atoms with Gasteiger partial charge < -0.3 is 10.2 Å². The number of aromatic nitrogens is 3. The largest absolute Gasteiger partial charge is 0.351 e. The fourth-order valence-electron chi connectivity index (χ4n) is 4.65. The van der Waals surface area contributed by atoms with Crippen molar-refractivity contribution in [3.8, 4) is 0 Å². The van der Waals surface area contributed by atoms with Crippen molar-refractivity contribution in [2.24, 2.45) is 17.3 Å². The van der Waals surface area contributed by atoms with Crippen molar-refractivity contribution in [3.63, 3.8) is 0 Å². The summed E-state index contributed by atoms with van der Waals surface area (Å²) < 4.78 is 0. The van der Waals surface area contributed by atoms with Crippen LogP contribution >= 0.6 is 0 Å². The molecular weight excluding hydrogens is 354 g/mol. The quantitative estimate of drug-likeness (QED) is 0.881. The molecule has 4 rings (SSSR count). The van der Waals surface area contributed by atoms with Gasteiger partial charge in [-0.3, -0.25) is 9.59 Å². The van der Waals surface area contributed by atoms with Crippen LogP contribution in [0, 0.1) is 17.3 Å². The second kappa shape index (κ2) is 7.18. The third-order valence-electron chi connectivity index (χ3n) is 5.99. The van der Waals surface area contributed by atoms with E-state index >= 15 is 0 Å². The Balaban J connectivity index is 1.40. The van der Waals surface area contributed by atoms with Gasteiger partial charge in [0.25, 0.3) is 0 Å². The summed E-state index contributed by atoms with van der Waals surface area (Å²) in [6, 6.07) is 7.72. The zero-order chi connectivity index (χ0) is 19.9. The Bertz CT molecular complexity index is 851. The molecule has 7 heteroatoms. The van der Waals surface area contributed by atoms with Gasteiger partial charge in [-0.05, 0) is 30.9 Å². The second-order valence-electron chi connectivity index (χ2n) is 9.21. The molecule has 1 aromatic heterocycles. The Hall–Kier alpha value is -2.44. The number of amides is 2. The first-order valence-corrected chi connectivity index (χ1v) is 10.2. The molecule has 1 aliphatic carbocycles. The molecule has 0 bridgehead atoms. The number of hydrogen-bond donors (Lipinski definition) is 1. The zero-order valence-electron chi connectivity index (χ0n) is 16.9. The van der Waals surface area contributed by atoms with Crippen molar-refractivity contribution in [2.75, 3.05) is 13.1 Å². The maximum Gasteiger partial charge on any atom is 0.243 e. The smallest absolute Gasteiger partial charge is 0.243 e. The molecule has 150 valence electrons. The molecule has 1 aliphatic heterocycles. The number of benzene rings is 1. The van der Waals surface area contributed by atoms with E-state index in [4.69, 9.17) is 0 Å². The Kier molecular flexibility index (Phi) is 4.85. The van der Waals surface area contributed by atoms with Crippen LogP contribution in [0.1, 0.15) is 40.0 Å². The lowest BCUT2D eigenvalue weighted by molar-refractivity contribution is -0.138. The highest BCUT2D eigenvalue weighted by Gasteiger charge is 2.44. The summed E-state index contributed by atoms with van der Waals surface area (Å²) in [6.07, 6.45) is 3.20. The van der Waals surface area contributed by atoms with Gasteiger partial charge in [-0.2, -0.15) is 15.0 Å². The average Bonchev–Trinajstić information content (AvgIpc) is 3.23. The van der Waals surface area contributed by atoms with Crippen LogP contribution < -0.4 is 5.32 Å². The van der Waals surface area contributed by atoms with E-state index in [1.807, 2.05) is 49.9 Å². The Morgan fingerprint density at radius 1 is 1.11 bits per heavy atom. The SMILES string of the molecule is CC(C)(C)C(=O)N1C[C@@H]2CCC[C@H](NC(=O)Cn3nc4ccccc4n3)[C@@H]2C1. The van der Waals surface area contributed by atoms with Crippen LogP contribution in [-0.4, -0.2) is 50.8 Å². The molecule has 1 aromatic carbocycles. The summed E-state index contributed by atoms with van der Waals surface area (Å²) in [4.78, 5) is 28.8. The van der Waals surface area contributed by atoms with Crippen molar-refractivity contribution in [2.45, 2.75) is 52.6 Å². The van der Waals surface area contributed by atoms with E-state index in [2.05, 4.69) is 15.5 Å². The highest BCUT2D eigenvalue weighted by Crippen LogP contribution is 2.38. The number of hydrogen-bond acceptors (Lipinski definition) is 4. The third kappa shape index (κ3) is 3.75. The minimum atomic E-state index is -0.361. The van der Waals surface area contributed by atoms with Crippen molar-refractivity contribution < 1.29 is 9.59 Å². The molecule has 1 saturated carbocycles. The van der Waals surface area contributed by atoms with Gasteiger partial charge in [-0.25, -0.2) is 0 Å². The van der Waals surface area contributed by atoms with Crippen LogP contribution in [0.5, 0.6) is 0 Å². The van der Waals surface area contributed by atoms with Crippen LogP contribution in [0.15, 0.2) is 24.3 Å². The predicted molar refractivity (Wildman–Crippen MR) is 106 cm³/mol. The molecule has 2 amide bonds. The van der Waals surface area contributed by atoms with Crippen LogP contribution in [0.3, 0.4) is 0 Å². The molecule has 0 radical (unpaired) electrons. The van der Waals surface area contributed by atoms with Crippen LogP contribution in [0.4, 0.5) is 0 Å². The summed E-state index contributed by atoms with van der Waals surface area (Å²) in [5.41, 5.74) is 1.22. The van der Waals surface area contributed by atoms with Gasteiger partial charge in [0.1, 0.15) is 17.6 Å². The van der Waals surface area contributed by atoms with Gasteiger partial charge in [-0.1, -0.05) is 39.3 Å². The van der Waals surface area contributed by atoms with Crippen molar-refractivity contribution >= 4 is 22.8 Å². The minimum Gasteiger partial charge on any atom is -0.351 e. The molecular formula is C21H29N5O2. The predicted octanol–water partition coefficient (Wildman–Crippen LogP) is 2.22. The number of nitrogens with one attached hydrogen (secondary N) is 1. The fraction of sp³-hybridized carbons (Fsp3) is 0.619. The third-order valence-corrected chi connectivity index (χ3v) is 5.99. The van der Waals surface area contributed by atoms with E-state index in [9.17, 15) is 9.59 Å². The summed E-state index contributed by atoms with van der Waals surface area (Å²) in [5.74, 6) is 0.968. The molecule has 7 nitrogen and oxygen atoms in total. The molecule has 1 saturated heterocycles. The maximum atomic E-state index is 12.7. The molecule has 0 spiro atoms. The highest BCUT2D eigenvalue weighted by atomic mass is 16.2. The molecule has 2 heterocycles. The summed E-state index contributed by atoms with van der Waals surface area (Å²) in [5, 5.41) is 11.9. The van der Waals surface area contributed by atoms with Crippen LogP contribution in [0.2, 0.25) is 0 Å². The lowest BCUT2D eigenvalue weighted by Gasteiger charge is -2.33. The maximum absolute atomic E-state index is 12.7. The Morgan fingerprint density at radius 2 is 1.79 bits per heavy atom. The van der Waals surface area contributed by atoms with Crippen LogP contribution in [0.25, 0.3) is 11.0 Å². The number of nitrogens with zero attached hydrogens (tertiary/aromatic N) is 4. The van der Waals surface area contributed by atoms with E-state index in [0.29, 0.717) is 11.8 Å². The van der Waals surface area contributed by atoms with Crippen molar-refractivity contribution in [1.29, 1.82) is 0 Å². The molecule has 3 atom stereocenters. The summed E-state index contributed by atoms with van der Waals surface area (Å²) in [6.45, 7) is 7.59. The first kappa shape index (κ1) is 18.9. The summed E-state index contributed by atoms with van der Waals surface area (Å²) >= 11 is 0. The molecule has 1 N–H and O–H groups in total. The monoisotopic (exact) mass is 383 g/mol. The van der Waals surface area contributed by atoms with Gasteiger partial charge in [0.05, 0.1) is 0 Å². The second-order valence-corrected chi connectivity index (χ2v) is 9.21. The van der Waals surface area contributed by atoms with Gasteiger partial charge >= 0.3 is 0 Å². The molecule has 2 aliphatic rings. The van der Waals surface area contributed by atoms with E-state index in [1.54, 1.807) is 0 Å². The number of fused-ring (bicyclic) bond motifs is 2. The standard InChI is InChI=1S/C21H29N5O2/c1-21(2,3)20(28)25-11-14-7-6-10-16(15(14)12-25)22-19(27)13-26-23-17-8-4-5-9-18(17)24-26/h4-5,8-9,14-16H,6-7,10-13H2,1-3H3,(H,22,27)/t14-,15+,16-/m0/s1. The van der Waals surface area contributed by atoms with E-state index in [1.165, 1.54) is 4.80 Å². The number of likely N-dealkylation sites (tertiary alicyclic amines) is 1. The van der Waals surface area contributed by atoms with E-state index < -0.39 is 0 Å². The summed E-state index contributed by atoms with van der Waals surface area (Å²) in [7, 11) is 0. The first-order valence-electron chi connectivity index (χ1n) is 10.2. The fourth-order valence-corrected chi connectivity index (χ4v) is 4.65. The number of carbonyl (C=O) groups is 2. The normalized spacial score (nSPS) is 25.0. The lowest BCUT2D eigenvalue weighted by atomic mass is 9.78. The van der Waals surface area contributed by atoms with Crippen molar-refractivity contribution in [1.82, 2.24) is 25.2 Å². The first-order chi connectivity index (χ1) is 13.3. The molecule has 2 fully saturated rings. The van der Waals surface area contributed by atoms with Gasteiger partial charge in [0.2, 0.25) is 11.8 Å². The topological polar surface area (TPSA) is 80.1 Å². The average molecular weight is 383 g/mol. The van der Waals surface area contributed by atoms with Gasteiger partial charge in [0.15, 0.2) is 0 Å². The van der Waals surface area contributed by atoms with Gasteiger partial charge in [-0.15, -0.1) is 0 Å². The van der Waals surface area contributed by atoms with E-state index in [0.717, 1.165) is 43.4 Å². The zero-order valence-corrected chi connectivity index (χ0v) is 16.9. The Labute approximate surface area is 165 Å². The number of rotatable bonds is 3. The molecule has 2 aromatic rings. The highest BCUT2D eigenvalue weighted by molar-refractivity contribution is 5.82. The van der Waals surface area contributed by atoms with Crippen molar-refractivity contribution in [3.05, 3.63) is 24.3 Å². The molecule has 28 heavy (non-hydrogen) atoms. The van der Waals surface area contributed by atoms with Gasteiger partial charge in [0, 0.05) is 30.5 Å². The lowest BCUT2D eigenvalue weighted by Crippen LogP contribution is -2.46. The van der Waals surface area contributed by atoms with Crippen LogP contribution in [-0.2, 0) is 16.1 Å². The minimum absolute atomic E-state index is 0.0634. The van der Waals surface area contributed by atoms with E-state index in [-0.39, 0.29) is 29.8 Å².